The van der Waals surface area contributed by atoms with E-state index in [4.69, 9.17) is 16.7 Å². The molecule has 0 aliphatic carbocycles. The number of hydrogen-bond acceptors (Lipinski definition) is 2. The van der Waals surface area contributed by atoms with Crippen LogP contribution in [0.25, 0.3) is 10.9 Å². The number of carboxylic acid groups (broad SMARTS) is 1. The van der Waals surface area contributed by atoms with Crippen molar-refractivity contribution >= 4 is 34.4 Å². The highest BCUT2D eigenvalue weighted by molar-refractivity contribution is 6.30. The standard InChI is InChI=1S/C26H23ClN2O3/c1-17(19-7-9-21(10-8-19)26(31)32)28-25(30)23-4-2-3-20-14-16-29(24(20)23)15-13-18-5-11-22(27)12-6-18/h2-12,14,16-17H,13,15H2,1H3,(H,28,30)(H,31,32)/t17-/m0/s1. The first-order chi connectivity index (χ1) is 15.4. The van der Waals surface area contributed by atoms with Crippen molar-refractivity contribution in [2.24, 2.45) is 0 Å². The molecule has 6 heteroatoms. The van der Waals surface area contributed by atoms with Crippen LogP contribution in [0.5, 0.6) is 0 Å². The third kappa shape index (κ3) is 4.68. The van der Waals surface area contributed by atoms with Gasteiger partial charge < -0.3 is 15.0 Å². The summed E-state index contributed by atoms with van der Waals surface area (Å²) in [5, 5.41) is 13.8. The zero-order valence-corrected chi connectivity index (χ0v) is 18.3. The van der Waals surface area contributed by atoms with E-state index < -0.39 is 5.97 Å². The van der Waals surface area contributed by atoms with Crippen LogP contribution in [0.4, 0.5) is 0 Å². The number of aryl methyl sites for hydroxylation is 2. The van der Waals surface area contributed by atoms with Crippen molar-refractivity contribution in [2.45, 2.75) is 25.9 Å². The molecule has 5 nitrogen and oxygen atoms in total. The zero-order valence-electron chi connectivity index (χ0n) is 17.6. The van der Waals surface area contributed by atoms with Gasteiger partial charge in [-0.2, -0.15) is 0 Å². The van der Waals surface area contributed by atoms with Gasteiger partial charge in [0.25, 0.3) is 5.91 Å². The van der Waals surface area contributed by atoms with Crippen molar-refractivity contribution in [3.63, 3.8) is 0 Å². The summed E-state index contributed by atoms with van der Waals surface area (Å²) >= 11 is 5.98. The molecular weight excluding hydrogens is 424 g/mol. The molecule has 162 valence electrons. The quantitative estimate of drug-likeness (QED) is 0.381. The highest BCUT2D eigenvalue weighted by atomic mass is 35.5. The zero-order chi connectivity index (χ0) is 22.7. The average Bonchev–Trinajstić information content (AvgIpc) is 3.22. The number of aromatic carboxylic acids is 1. The van der Waals surface area contributed by atoms with Crippen molar-refractivity contribution in [3.05, 3.63) is 106 Å². The van der Waals surface area contributed by atoms with Gasteiger partial charge in [-0.15, -0.1) is 0 Å². The molecular formula is C26H23ClN2O3. The van der Waals surface area contributed by atoms with E-state index in [2.05, 4.69) is 9.88 Å². The molecule has 3 aromatic carbocycles. The molecule has 0 fully saturated rings. The number of para-hydroxylation sites is 1. The highest BCUT2D eigenvalue weighted by Gasteiger charge is 2.17. The third-order valence-electron chi connectivity index (χ3n) is 5.59. The second-order valence-corrected chi connectivity index (χ2v) is 8.19. The molecule has 32 heavy (non-hydrogen) atoms. The van der Waals surface area contributed by atoms with Gasteiger partial charge in [-0.25, -0.2) is 4.79 Å². The molecule has 0 radical (unpaired) electrons. The van der Waals surface area contributed by atoms with Crippen molar-refractivity contribution in [1.82, 2.24) is 9.88 Å². The fraction of sp³-hybridized carbons (Fsp3) is 0.154. The lowest BCUT2D eigenvalue weighted by molar-refractivity contribution is 0.0696. The SMILES string of the molecule is C[C@H](NC(=O)c1cccc2ccn(CCc3ccc(Cl)cc3)c12)c1ccc(C(=O)O)cc1. The van der Waals surface area contributed by atoms with Crippen molar-refractivity contribution in [2.75, 3.05) is 0 Å². The topological polar surface area (TPSA) is 71.3 Å². The normalized spacial score (nSPS) is 11.9. The van der Waals surface area contributed by atoms with Gasteiger partial charge in [-0.1, -0.05) is 48.0 Å². The minimum absolute atomic E-state index is 0.170. The fourth-order valence-corrected chi connectivity index (χ4v) is 3.93. The lowest BCUT2D eigenvalue weighted by Gasteiger charge is -2.16. The second-order valence-electron chi connectivity index (χ2n) is 7.75. The lowest BCUT2D eigenvalue weighted by atomic mass is 10.0. The Morgan fingerprint density at radius 1 is 1.00 bits per heavy atom. The van der Waals surface area contributed by atoms with Gasteiger partial charge in [0.15, 0.2) is 0 Å². The van der Waals surface area contributed by atoms with Gasteiger partial charge in [0.2, 0.25) is 0 Å². The molecule has 0 unspecified atom stereocenters. The Morgan fingerprint density at radius 2 is 1.72 bits per heavy atom. The van der Waals surface area contributed by atoms with E-state index in [0.717, 1.165) is 29.4 Å². The number of carbonyl (C=O) groups is 2. The Morgan fingerprint density at radius 3 is 2.41 bits per heavy atom. The van der Waals surface area contributed by atoms with Crippen molar-refractivity contribution < 1.29 is 14.7 Å². The van der Waals surface area contributed by atoms with Crippen LogP contribution in [-0.2, 0) is 13.0 Å². The fourth-order valence-electron chi connectivity index (χ4n) is 3.80. The highest BCUT2D eigenvalue weighted by Crippen LogP contribution is 2.23. The maximum atomic E-state index is 13.1. The summed E-state index contributed by atoms with van der Waals surface area (Å²) in [7, 11) is 0. The van der Waals surface area contributed by atoms with Crippen LogP contribution >= 0.6 is 11.6 Å². The number of hydrogen-bond donors (Lipinski definition) is 2. The van der Waals surface area contributed by atoms with Crippen LogP contribution in [0.15, 0.2) is 79.0 Å². The van der Waals surface area contributed by atoms with Crippen LogP contribution in [0.3, 0.4) is 0 Å². The Labute approximate surface area is 191 Å². The Hall–Kier alpha value is -3.57. The van der Waals surface area contributed by atoms with Crippen LogP contribution in [-0.4, -0.2) is 21.6 Å². The number of amides is 1. The van der Waals surface area contributed by atoms with Crippen molar-refractivity contribution in [3.8, 4) is 0 Å². The molecule has 4 rings (SSSR count). The molecule has 0 aliphatic heterocycles. The molecule has 1 amide bonds. The van der Waals surface area contributed by atoms with Gasteiger partial charge in [0.05, 0.1) is 22.7 Å². The van der Waals surface area contributed by atoms with Gasteiger partial charge in [-0.3, -0.25) is 4.79 Å². The number of rotatable bonds is 7. The molecule has 0 saturated carbocycles. The third-order valence-corrected chi connectivity index (χ3v) is 5.84. The van der Waals surface area contributed by atoms with Crippen LogP contribution in [0, 0.1) is 0 Å². The number of nitrogens with zero attached hydrogens (tertiary/aromatic N) is 1. The number of halogens is 1. The smallest absolute Gasteiger partial charge is 0.335 e. The molecule has 0 bridgehead atoms. The van der Waals surface area contributed by atoms with Gasteiger partial charge >= 0.3 is 5.97 Å². The van der Waals surface area contributed by atoms with Crippen molar-refractivity contribution in [1.29, 1.82) is 0 Å². The summed E-state index contributed by atoms with van der Waals surface area (Å²) < 4.78 is 2.10. The van der Waals surface area contributed by atoms with E-state index >= 15 is 0 Å². The van der Waals surface area contributed by atoms with E-state index in [1.165, 1.54) is 5.56 Å². The second kappa shape index (κ2) is 9.28. The van der Waals surface area contributed by atoms with E-state index in [0.29, 0.717) is 10.6 Å². The van der Waals surface area contributed by atoms with Gasteiger partial charge in [0, 0.05) is 23.2 Å². The maximum absolute atomic E-state index is 13.1. The molecule has 1 aromatic heterocycles. The Balaban J connectivity index is 1.54. The number of carbonyl (C=O) groups excluding carboxylic acids is 1. The number of nitrogens with one attached hydrogen (secondary N) is 1. The molecule has 2 N–H and O–H groups in total. The Kier molecular flexibility index (Phi) is 6.28. The van der Waals surface area contributed by atoms with Crippen LogP contribution in [0.2, 0.25) is 5.02 Å². The summed E-state index contributed by atoms with van der Waals surface area (Å²) in [6, 6.07) is 21.8. The van der Waals surface area contributed by atoms with Gasteiger partial charge in [0.1, 0.15) is 0 Å². The van der Waals surface area contributed by atoms with Crippen LogP contribution < -0.4 is 5.32 Å². The summed E-state index contributed by atoms with van der Waals surface area (Å²) in [4.78, 5) is 24.2. The minimum atomic E-state index is -0.973. The molecule has 1 heterocycles. The minimum Gasteiger partial charge on any atom is -0.478 e. The number of benzene rings is 3. The van der Waals surface area contributed by atoms with Crippen LogP contribution in [0.1, 0.15) is 44.8 Å². The lowest BCUT2D eigenvalue weighted by Crippen LogP contribution is -2.27. The van der Waals surface area contributed by atoms with Gasteiger partial charge in [-0.05, 0) is 60.9 Å². The van der Waals surface area contributed by atoms with E-state index in [9.17, 15) is 9.59 Å². The largest absolute Gasteiger partial charge is 0.478 e. The van der Waals surface area contributed by atoms with E-state index in [-0.39, 0.29) is 17.5 Å². The molecule has 0 aliphatic rings. The molecule has 1 atom stereocenters. The average molecular weight is 447 g/mol. The summed E-state index contributed by atoms with van der Waals surface area (Å²) in [5.41, 5.74) is 3.74. The molecule has 0 saturated heterocycles. The summed E-state index contributed by atoms with van der Waals surface area (Å²) in [6.07, 6.45) is 2.83. The van der Waals surface area contributed by atoms with E-state index in [1.54, 1.807) is 24.3 Å². The summed E-state index contributed by atoms with van der Waals surface area (Å²) in [6.45, 7) is 2.62. The first kappa shape index (κ1) is 21.7. The summed E-state index contributed by atoms with van der Waals surface area (Å²) in [5.74, 6) is -1.14. The molecule has 0 spiro atoms. The first-order valence-electron chi connectivity index (χ1n) is 10.4. The predicted molar refractivity (Wildman–Crippen MR) is 126 cm³/mol. The number of fused-ring (bicyclic) bond motifs is 1. The first-order valence-corrected chi connectivity index (χ1v) is 10.8. The van der Waals surface area contributed by atoms with E-state index in [1.807, 2.05) is 61.7 Å². The predicted octanol–water partition coefficient (Wildman–Crippen LogP) is 5.73. The maximum Gasteiger partial charge on any atom is 0.335 e. The molecule has 4 aromatic rings. The Bertz CT molecular complexity index is 1260. The monoisotopic (exact) mass is 446 g/mol. The number of carboxylic acids is 1. The number of aromatic nitrogens is 1.